The van der Waals surface area contributed by atoms with Crippen LogP contribution >= 0.6 is 15.9 Å². The molecule has 0 aliphatic rings. The Morgan fingerprint density at radius 1 is 1.17 bits per heavy atom. The van der Waals surface area contributed by atoms with Crippen LogP contribution in [0.2, 0.25) is 0 Å². The van der Waals surface area contributed by atoms with Gasteiger partial charge in [0.25, 0.3) is 0 Å². The highest BCUT2D eigenvalue weighted by atomic mass is 79.9. The maximum absolute atomic E-state index is 4.80. The molecule has 0 saturated carbocycles. The number of para-hydroxylation sites is 1. The first-order chi connectivity index (χ1) is 8.48. The molecule has 0 spiro atoms. The molecule has 2 aromatic heterocycles. The molecule has 0 radical (unpaired) electrons. The summed E-state index contributed by atoms with van der Waals surface area (Å²) in [5, 5.41) is 1.08. The third-order valence-corrected chi connectivity index (χ3v) is 3.53. The van der Waals surface area contributed by atoms with Gasteiger partial charge in [0.2, 0.25) is 0 Å². The van der Waals surface area contributed by atoms with Crippen molar-refractivity contribution in [3.63, 3.8) is 0 Å². The predicted molar refractivity (Wildman–Crippen MR) is 76.9 cm³/mol. The van der Waals surface area contributed by atoms with Crippen LogP contribution in [-0.4, -0.2) is 14.4 Å². The molecule has 3 aromatic rings. The van der Waals surface area contributed by atoms with Crippen molar-refractivity contribution in [3.8, 4) is 0 Å². The summed E-state index contributed by atoms with van der Waals surface area (Å²) in [7, 11) is 0. The lowest BCUT2D eigenvalue weighted by atomic mass is 9.95. The number of aromatic nitrogens is 3. The molecule has 1 aromatic carbocycles. The molecule has 4 heteroatoms. The third kappa shape index (κ3) is 1.63. The molecule has 3 nitrogen and oxygen atoms in total. The van der Waals surface area contributed by atoms with Gasteiger partial charge in [0, 0.05) is 10.8 Å². The van der Waals surface area contributed by atoms with Crippen molar-refractivity contribution in [1.82, 2.24) is 14.4 Å². The van der Waals surface area contributed by atoms with E-state index < -0.39 is 0 Å². The number of halogens is 1. The molecule has 0 fully saturated rings. The number of hydrogen-bond acceptors (Lipinski definition) is 2. The molecule has 0 N–H and O–H groups in total. The average molecular weight is 304 g/mol. The van der Waals surface area contributed by atoms with Crippen LogP contribution in [-0.2, 0) is 5.41 Å². The largest absolute Gasteiger partial charge is 0.273 e. The van der Waals surface area contributed by atoms with Crippen molar-refractivity contribution < 1.29 is 0 Å². The van der Waals surface area contributed by atoms with Gasteiger partial charge in [-0.2, -0.15) is 0 Å². The first-order valence-corrected chi connectivity index (χ1v) is 6.70. The van der Waals surface area contributed by atoms with E-state index in [-0.39, 0.29) is 5.41 Å². The quantitative estimate of drug-likeness (QED) is 0.629. The number of hydrogen-bond donors (Lipinski definition) is 0. The van der Waals surface area contributed by atoms with Gasteiger partial charge < -0.3 is 0 Å². The zero-order valence-electron chi connectivity index (χ0n) is 10.6. The van der Waals surface area contributed by atoms with Crippen LogP contribution in [0.1, 0.15) is 26.6 Å². The van der Waals surface area contributed by atoms with Gasteiger partial charge in [-0.1, -0.05) is 32.9 Å². The minimum atomic E-state index is -0.0362. The van der Waals surface area contributed by atoms with Gasteiger partial charge in [0.1, 0.15) is 16.1 Å². The van der Waals surface area contributed by atoms with E-state index in [0.29, 0.717) is 0 Å². The van der Waals surface area contributed by atoms with E-state index in [0.717, 1.165) is 27.0 Å². The van der Waals surface area contributed by atoms with Crippen LogP contribution in [0.25, 0.3) is 16.6 Å². The summed E-state index contributed by atoms with van der Waals surface area (Å²) in [6.07, 6.45) is 1.83. The van der Waals surface area contributed by atoms with Crippen molar-refractivity contribution >= 4 is 32.5 Å². The molecule has 2 heterocycles. The fourth-order valence-corrected chi connectivity index (χ4v) is 2.59. The number of fused-ring (bicyclic) bond motifs is 3. The topological polar surface area (TPSA) is 30.2 Å². The molecule has 0 amide bonds. The highest BCUT2D eigenvalue weighted by molar-refractivity contribution is 9.10. The zero-order chi connectivity index (χ0) is 12.9. The van der Waals surface area contributed by atoms with Crippen LogP contribution in [0.15, 0.2) is 35.1 Å². The summed E-state index contributed by atoms with van der Waals surface area (Å²) in [4.78, 5) is 9.30. The maximum Gasteiger partial charge on any atom is 0.148 e. The Balaban J connectivity index is 2.57. The van der Waals surface area contributed by atoms with Crippen LogP contribution in [0.4, 0.5) is 0 Å². The van der Waals surface area contributed by atoms with Gasteiger partial charge in [0.15, 0.2) is 0 Å². The van der Waals surface area contributed by atoms with Gasteiger partial charge in [-0.15, -0.1) is 0 Å². The minimum Gasteiger partial charge on any atom is -0.273 e. The Morgan fingerprint density at radius 2 is 1.89 bits per heavy atom. The van der Waals surface area contributed by atoms with E-state index in [2.05, 4.69) is 52.2 Å². The van der Waals surface area contributed by atoms with E-state index >= 15 is 0 Å². The van der Waals surface area contributed by atoms with Crippen molar-refractivity contribution in [2.24, 2.45) is 0 Å². The highest BCUT2D eigenvalue weighted by Crippen LogP contribution is 2.28. The summed E-state index contributed by atoms with van der Waals surface area (Å²) in [5.41, 5.74) is 1.91. The first-order valence-electron chi connectivity index (χ1n) is 5.90. The molecule has 0 aliphatic carbocycles. The van der Waals surface area contributed by atoms with E-state index in [9.17, 15) is 0 Å². The Bertz CT molecular complexity index is 738. The Hall–Kier alpha value is -1.42. The number of benzene rings is 1. The monoisotopic (exact) mass is 303 g/mol. The smallest absolute Gasteiger partial charge is 0.148 e. The lowest BCUT2D eigenvalue weighted by Gasteiger charge is -2.20. The highest BCUT2D eigenvalue weighted by Gasteiger charge is 2.22. The lowest BCUT2D eigenvalue weighted by molar-refractivity contribution is 0.538. The second kappa shape index (κ2) is 3.79. The van der Waals surface area contributed by atoms with Crippen LogP contribution in [0.5, 0.6) is 0 Å². The zero-order valence-corrected chi connectivity index (χ0v) is 12.2. The van der Waals surface area contributed by atoms with Gasteiger partial charge in [-0.3, -0.25) is 4.40 Å². The van der Waals surface area contributed by atoms with Crippen molar-refractivity contribution in [2.45, 2.75) is 26.2 Å². The molecule has 92 valence electrons. The molecule has 0 aliphatic heterocycles. The molecule has 0 atom stereocenters. The Kier molecular flexibility index (Phi) is 2.45. The average Bonchev–Trinajstić information content (AvgIpc) is 2.70. The molecular formula is C14H14BrN3. The normalized spacial score (nSPS) is 12.4. The molecule has 0 saturated heterocycles. The SMILES string of the molecule is CC(C)(C)c1nc2ccccc2c2ncc(Br)n12. The molecule has 0 bridgehead atoms. The fourth-order valence-electron chi connectivity index (χ4n) is 2.15. The maximum atomic E-state index is 4.80. The van der Waals surface area contributed by atoms with Crippen LogP contribution < -0.4 is 0 Å². The van der Waals surface area contributed by atoms with Crippen molar-refractivity contribution in [1.29, 1.82) is 0 Å². The predicted octanol–water partition coefficient (Wildman–Crippen LogP) is 3.94. The third-order valence-electron chi connectivity index (χ3n) is 2.97. The van der Waals surface area contributed by atoms with E-state index in [1.807, 2.05) is 24.4 Å². The number of rotatable bonds is 0. The number of imidazole rings is 1. The number of nitrogens with zero attached hydrogens (tertiary/aromatic N) is 3. The molecular weight excluding hydrogens is 290 g/mol. The van der Waals surface area contributed by atoms with Crippen molar-refractivity contribution in [2.75, 3.05) is 0 Å². The summed E-state index contributed by atoms with van der Waals surface area (Å²) in [6.45, 7) is 6.49. The van der Waals surface area contributed by atoms with Gasteiger partial charge in [-0.25, -0.2) is 9.97 Å². The summed E-state index contributed by atoms with van der Waals surface area (Å²) >= 11 is 3.56. The summed E-state index contributed by atoms with van der Waals surface area (Å²) in [5.74, 6) is 1.01. The second-order valence-electron chi connectivity index (χ2n) is 5.44. The summed E-state index contributed by atoms with van der Waals surface area (Å²) < 4.78 is 3.03. The van der Waals surface area contributed by atoms with Crippen molar-refractivity contribution in [3.05, 3.63) is 40.9 Å². The lowest BCUT2D eigenvalue weighted by Crippen LogP contribution is -2.19. The second-order valence-corrected chi connectivity index (χ2v) is 6.25. The Labute approximate surface area is 114 Å². The van der Waals surface area contributed by atoms with E-state index in [4.69, 9.17) is 4.98 Å². The standard InChI is InChI=1S/C14H14BrN3/c1-14(2,3)13-17-10-7-5-4-6-9(10)12-16-8-11(15)18(12)13/h4-8H,1-3H3. The minimum absolute atomic E-state index is 0.0362. The van der Waals surface area contributed by atoms with E-state index in [1.54, 1.807) is 0 Å². The molecule has 0 unspecified atom stereocenters. The fraction of sp³-hybridized carbons (Fsp3) is 0.286. The van der Waals surface area contributed by atoms with Gasteiger partial charge in [0.05, 0.1) is 11.7 Å². The first kappa shape index (κ1) is 11.7. The Morgan fingerprint density at radius 3 is 2.61 bits per heavy atom. The van der Waals surface area contributed by atoms with Gasteiger partial charge >= 0.3 is 0 Å². The van der Waals surface area contributed by atoms with Crippen LogP contribution in [0.3, 0.4) is 0 Å². The van der Waals surface area contributed by atoms with Crippen LogP contribution in [0, 0.1) is 0 Å². The van der Waals surface area contributed by atoms with Gasteiger partial charge in [-0.05, 0) is 28.1 Å². The van der Waals surface area contributed by atoms with E-state index in [1.165, 1.54) is 0 Å². The molecule has 3 rings (SSSR count). The molecule has 18 heavy (non-hydrogen) atoms. The summed E-state index contributed by atoms with van der Waals surface area (Å²) in [6, 6.07) is 8.12.